The molecule has 124 valence electrons. The summed E-state index contributed by atoms with van der Waals surface area (Å²) in [4.78, 5) is 20.1. The van der Waals surface area contributed by atoms with Gasteiger partial charge in [-0.15, -0.1) is 0 Å². The average Bonchev–Trinajstić information content (AvgIpc) is 2.81. The van der Waals surface area contributed by atoms with Crippen molar-refractivity contribution in [3.05, 3.63) is 24.3 Å². The van der Waals surface area contributed by atoms with E-state index in [9.17, 15) is 4.79 Å². The number of nitrogens with one attached hydrogen (secondary N) is 1. The van der Waals surface area contributed by atoms with Crippen LogP contribution in [0.25, 0.3) is 0 Å². The second-order valence-corrected chi connectivity index (χ2v) is 6.38. The molecule has 2 aliphatic heterocycles. The van der Waals surface area contributed by atoms with Gasteiger partial charge >= 0.3 is 0 Å². The fraction of sp³-hybridized carbons (Fsp3) is 0.556. The molecule has 0 unspecified atom stereocenters. The molecular formula is C18H25N3O2. The molecule has 0 bridgehead atoms. The van der Waals surface area contributed by atoms with Gasteiger partial charge in [0.2, 0.25) is 11.8 Å². The molecule has 0 radical (unpaired) electrons. The van der Waals surface area contributed by atoms with Crippen LogP contribution in [0.2, 0.25) is 0 Å². The maximum absolute atomic E-state index is 13.0. The van der Waals surface area contributed by atoms with Gasteiger partial charge in [-0.25, -0.2) is 4.99 Å². The van der Waals surface area contributed by atoms with E-state index in [1.54, 1.807) is 0 Å². The van der Waals surface area contributed by atoms with Crippen LogP contribution >= 0.6 is 0 Å². The highest BCUT2D eigenvalue weighted by molar-refractivity contribution is 6.15. The summed E-state index contributed by atoms with van der Waals surface area (Å²) in [6.07, 6.45) is 1.44. The first kappa shape index (κ1) is 16.0. The Hall–Kier alpha value is -1.88. The van der Waals surface area contributed by atoms with Gasteiger partial charge in [-0.2, -0.15) is 0 Å². The van der Waals surface area contributed by atoms with Gasteiger partial charge in [0.1, 0.15) is 5.41 Å². The normalized spacial score (nSPS) is 26.0. The number of carbonyl (C=O) groups excluding carboxylic acids is 1. The Bertz CT molecular complexity index is 624. The standard InChI is InChI=1S/C18H25N3O2/c1-4-21(5-2)11-10-18-12-13(3)23-17(18)20-15-9-7-6-8-14(15)19-16(18)22/h6-9,13H,4-5,10-12H2,1-3H3,(H,19,22)/t13-,18+/m1/s1. The van der Waals surface area contributed by atoms with Crippen molar-refractivity contribution in [2.75, 3.05) is 25.0 Å². The van der Waals surface area contributed by atoms with Gasteiger partial charge in [-0.1, -0.05) is 26.0 Å². The minimum absolute atomic E-state index is 0.0118. The van der Waals surface area contributed by atoms with Crippen molar-refractivity contribution in [3.63, 3.8) is 0 Å². The van der Waals surface area contributed by atoms with Crippen LogP contribution in [0, 0.1) is 5.41 Å². The van der Waals surface area contributed by atoms with E-state index in [2.05, 4.69) is 24.1 Å². The van der Waals surface area contributed by atoms with E-state index in [4.69, 9.17) is 9.73 Å². The van der Waals surface area contributed by atoms with Crippen molar-refractivity contribution < 1.29 is 9.53 Å². The van der Waals surface area contributed by atoms with E-state index in [0.717, 1.165) is 37.4 Å². The Morgan fingerprint density at radius 2 is 2.09 bits per heavy atom. The zero-order valence-corrected chi connectivity index (χ0v) is 14.1. The molecule has 2 atom stereocenters. The van der Waals surface area contributed by atoms with Gasteiger partial charge in [-0.3, -0.25) is 4.79 Å². The van der Waals surface area contributed by atoms with Gasteiger partial charge in [0.15, 0.2) is 0 Å². The average molecular weight is 315 g/mol. The largest absolute Gasteiger partial charge is 0.477 e. The van der Waals surface area contributed by atoms with Gasteiger partial charge in [-0.05, 0) is 45.1 Å². The van der Waals surface area contributed by atoms with Crippen LogP contribution < -0.4 is 5.32 Å². The summed E-state index contributed by atoms with van der Waals surface area (Å²) in [5, 5.41) is 3.06. The van der Waals surface area contributed by atoms with Crippen molar-refractivity contribution in [3.8, 4) is 0 Å². The second kappa shape index (κ2) is 6.32. The Morgan fingerprint density at radius 1 is 1.35 bits per heavy atom. The van der Waals surface area contributed by atoms with E-state index in [0.29, 0.717) is 12.3 Å². The molecule has 0 aliphatic carbocycles. The number of ether oxygens (including phenoxy) is 1. The minimum atomic E-state index is -0.652. The summed E-state index contributed by atoms with van der Waals surface area (Å²) < 4.78 is 5.95. The molecule has 1 N–H and O–H groups in total. The Kier molecular flexibility index (Phi) is 4.39. The SMILES string of the molecule is CCN(CC)CC[C@@]12C[C@@H](C)OC1=Nc1ccccc1NC2=O. The number of fused-ring (bicyclic) bond motifs is 2. The summed E-state index contributed by atoms with van der Waals surface area (Å²) in [5.41, 5.74) is 0.883. The molecular weight excluding hydrogens is 290 g/mol. The fourth-order valence-electron chi connectivity index (χ4n) is 3.49. The summed E-state index contributed by atoms with van der Waals surface area (Å²) in [5.74, 6) is 0.595. The molecule has 1 aromatic carbocycles. The third-order valence-corrected chi connectivity index (χ3v) is 4.92. The molecule has 1 aromatic rings. The van der Waals surface area contributed by atoms with E-state index in [1.807, 2.05) is 31.2 Å². The van der Waals surface area contributed by atoms with E-state index < -0.39 is 5.41 Å². The molecule has 0 spiro atoms. The van der Waals surface area contributed by atoms with E-state index >= 15 is 0 Å². The molecule has 2 heterocycles. The molecule has 1 amide bonds. The van der Waals surface area contributed by atoms with Crippen LogP contribution in [-0.2, 0) is 9.53 Å². The maximum atomic E-state index is 13.0. The lowest BCUT2D eigenvalue weighted by Crippen LogP contribution is -2.42. The van der Waals surface area contributed by atoms with Crippen LogP contribution in [0.4, 0.5) is 11.4 Å². The summed E-state index contributed by atoms with van der Waals surface area (Å²) in [6, 6.07) is 7.64. The molecule has 3 rings (SSSR count). The number of hydrogen-bond acceptors (Lipinski definition) is 4. The third-order valence-electron chi connectivity index (χ3n) is 4.92. The molecule has 0 aromatic heterocycles. The van der Waals surface area contributed by atoms with Crippen LogP contribution in [0.5, 0.6) is 0 Å². The zero-order chi connectivity index (χ0) is 16.4. The van der Waals surface area contributed by atoms with Crippen LogP contribution in [0.1, 0.15) is 33.6 Å². The number of nitrogens with zero attached hydrogens (tertiary/aromatic N) is 2. The summed E-state index contributed by atoms with van der Waals surface area (Å²) in [6.45, 7) is 9.13. The highest BCUT2D eigenvalue weighted by Crippen LogP contribution is 2.44. The van der Waals surface area contributed by atoms with Gasteiger partial charge < -0.3 is 15.0 Å². The summed E-state index contributed by atoms with van der Waals surface area (Å²) in [7, 11) is 0. The molecule has 1 saturated heterocycles. The zero-order valence-electron chi connectivity index (χ0n) is 14.1. The molecule has 0 saturated carbocycles. The number of benzene rings is 1. The lowest BCUT2D eigenvalue weighted by atomic mass is 9.80. The quantitative estimate of drug-likeness (QED) is 0.908. The lowest BCUT2D eigenvalue weighted by Gasteiger charge is -2.28. The van der Waals surface area contributed by atoms with Crippen LogP contribution in [0.3, 0.4) is 0 Å². The highest BCUT2D eigenvalue weighted by Gasteiger charge is 2.52. The number of aliphatic imine (C=N–C) groups is 1. The number of amides is 1. The lowest BCUT2D eigenvalue weighted by molar-refractivity contribution is -0.122. The summed E-state index contributed by atoms with van der Waals surface area (Å²) >= 11 is 0. The predicted octanol–water partition coefficient (Wildman–Crippen LogP) is 3.20. The molecule has 1 fully saturated rings. The van der Waals surface area contributed by atoms with Crippen molar-refractivity contribution in [2.24, 2.45) is 10.4 Å². The Morgan fingerprint density at radius 3 is 2.83 bits per heavy atom. The second-order valence-electron chi connectivity index (χ2n) is 6.38. The first-order valence-corrected chi connectivity index (χ1v) is 8.47. The molecule has 5 nitrogen and oxygen atoms in total. The molecule has 5 heteroatoms. The smallest absolute Gasteiger partial charge is 0.240 e. The molecule has 2 aliphatic rings. The maximum Gasteiger partial charge on any atom is 0.240 e. The topological polar surface area (TPSA) is 53.9 Å². The predicted molar refractivity (Wildman–Crippen MR) is 92.2 cm³/mol. The number of rotatable bonds is 5. The number of carbonyl (C=O) groups is 1. The number of hydrogen-bond donors (Lipinski definition) is 1. The van der Waals surface area contributed by atoms with Crippen molar-refractivity contribution >= 4 is 23.2 Å². The first-order valence-electron chi connectivity index (χ1n) is 8.47. The minimum Gasteiger partial charge on any atom is -0.477 e. The van der Waals surface area contributed by atoms with E-state index in [1.165, 1.54) is 0 Å². The van der Waals surface area contributed by atoms with E-state index in [-0.39, 0.29) is 12.0 Å². The van der Waals surface area contributed by atoms with Crippen molar-refractivity contribution in [1.29, 1.82) is 0 Å². The number of anilines is 1. The fourth-order valence-corrected chi connectivity index (χ4v) is 3.49. The van der Waals surface area contributed by atoms with Crippen LogP contribution in [-0.4, -0.2) is 42.4 Å². The molecule has 23 heavy (non-hydrogen) atoms. The monoisotopic (exact) mass is 315 g/mol. The third kappa shape index (κ3) is 2.85. The highest BCUT2D eigenvalue weighted by atomic mass is 16.5. The van der Waals surface area contributed by atoms with Crippen molar-refractivity contribution in [1.82, 2.24) is 4.90 Å². The van der Waals surface area contributed by atoms with Gasteiger partial charge in [0, 0.05) is 6.42 Å². The Labute approximate surface area is 137 Å². The van der Waals surface area contributed by atoms with Crippen LogP contribution in [0.15, 0.2) is 29.3 Å². The van der Waals surface area contributed by atoms with Gasteiger partial charge in [0.25, 0.3) is 0 Å². The van der Waals surface area contributed by atoms with Gasteiger partial charge in [0.05, 0.1) is 17.5 Å². The number of para-hydroxylation sites is 2. The first-order chi connectivity index (χ1) is 11.1. The Balaban J connectivity index is 1.95. The van der Waals surface area contributed by atoms with Crippen molar-refractivity contribution in [2.45, 2.75) is 39.7 Å².